The van der Waals surface area contributed by atoms with E-state index in [1.807, 2.05) is 0 Å². The highest BCUT2D eigenvalue weighted by Crippen LogP contribution is 2.40. The fourth-order valence-electron chi connectivity index (χ4n) is 3.94. The standard InChI is InChI=1S/C27H26FNO5/c1-3-4-13-33-20-11-9-18(10-12-20)24-23(25(30)19-8-7-17(2)22(28)15-19)26(31)27(32)29(24)16-21-6-5-14-34-21/h5-12,14-15,24,30H,3-4,13,16H2,1-2H3. The maximum atomic E-state index is 14.2. The van der Waals surface area contributed by atoms with Gasteiger partial charge in [0, 0.05) is 5.56 Å². The van der Waals surface area contributed by atoms with Crippen LogP contribution in [-0.4, -0.2) is 28.3 Å². The number of amides is 1. The number of likely N-dealkylation sites (tertiary alicyclic amines) is 1. The molecule has 0 radical (unpaired) electrons. The summed E-state index contributed by atoms with van der Waals surface area (Å²) in [6.45, 7) is 4.31. The molecular weight excluding hydrogens is 437 g/mol. The van der Waals surface area contributed by atoms with Crippen LogP contribution in [0.4, 0.5) is 4.39 Å². The minimum atomic E-state index is -0.876. The summed E-state index contributed by atoms with van der Waals surface area (Å²) in [6, 6.07) is 13.8. The van der Waals surface area contributed by atoms with Gasteiger partial charge in [-0.15, -0.1) is 0 Å². The van der Waals surface area contributed by atoms with Crippen molar-refractivity contribution in [3.8, 4) is 5.75 Å². The summed E-state index contributed by atoms with van der Waals surface area (Å²) in [7, 11) is 0. The van der Waals surface area contributed by atoms with Crippen LogP contribution in [0.15, 0.2) is 70.9 Å². The fraction of sp³-hybridized carbons (Fsp3) is 0.259. The van der Waals surface area contributed by atoms with E-state index in [0.29, 0.717) is 29.2 Å². The summed E-state index contributed by atoms with van der Waals surface area (Å²) < 4.78 is 25.3. The highest BCUT2D eigenvalue weighted by Gasteiger charge is 2.46. The number of carbonyl (C=O) groups is 2. The van der Waals surface area contributed by atoms with Gasteiger partial charge in [0.25, 0.3) is 11.7 Å². The van der Waals surface area contributed by atoms with E-state index in [0.717, 1.165) is 18.9 Å². The van der Waals surface area contributed by atoms with Gasteiger partial charge in [0.05, 0.1) is 31.0 Å². The largest absolute Gasteiger partial charge is 0.507 e. The lowest BCUT2D eigenvalue weighted by molar-refractivity contribution is -0.140. The smallest absolute Gasteiger partial charge is 0.296 e. The molecule has 1 atom stereocenters. The summed E-state index contributed by atoms with van der Waals surface area (Å²) in [5.41, 5.74) is 1.05. The fourth-order valence-corrected chi connectivity index (χ4v) is 3.94. The number of unbranched alkanes of at least 4 members (excludes halogenated alkanes) is 1. The van der Waals surface area contributed by atoms with Gasteiger partial charge in [0.15, 0.2) is 0 Å². The van der Waals surface area contributed by atoms with E-state index in [1.54, 1.807) is 43.3 Å². The predicted molar refractivity (Wildman–Crippen MR) is 125 cm³/mol. The van der Waals surface area contributed by atoms with Gasteiger partial charge in [0.1, 0.15) is 23.1 Å². The Morgan fingerprint density at radius 1 is 1.15 bits per heavy atom. The lowest BCUT2D eigenvalue weighted by atomic mass is 9.95. The molecule has 0 saturated carbocycles. The number of furan rings is 1. The highest BCUT2D eigenvalue weighted by atomic mass is 19.1. The molecule has 34 heavy (non-hydrogen) atoms. The molecule has 0 spiro atoms. The van der Waals surface area contributed by atoms with Crippen LogP contribution in [0.3, 0.4) is 0 Å². The van der Waals surface area contributed by atoms with Gasteiger partial charge < -0.3 is 19.2 Å². The Labute approximate surface area is 197 Å². The van der Waals surface area contributed by atoms with Gasteiger partial charge in [0.2, 0.25) is 0 Å². The monoisotopic (exact) mass is 463 g/mol. The molecule has 1 aromatic heterocycles. The molecular formula is C27H26FNO5. The number of aryl methyl sites for hydroxylation is 1. The lowest BCUT2D eigenvalue weighted by Crippen LogP contribution is -2.29. The molecule has 6 nitrogen and oxygen atoms in total. The van der Waals surface area contributed by atoms with E-state index in [-0.39, 0.29) is 17.7 Å². The van der Waals surface area contributed by atoms with Gasteiger partial charge in [-0.25, -0.2) is 4.39 Å². The average molecular weight is 464 g/mol. The van der Waals surface area contributed by atoms with Gasteiger partial charge >= 0.3 is 0 Å². The summed E-state index contributed by atoms with van der Waals surface area (Å²) in [5, 5.41) is 11.1. The van der Waals surface area contributed by atoms with Gasteiger partial charge in [-0.1, -0.05) is 37.6 Å². The predicted octanol–water partition coefficient (Wildman–Crippen LogP) is 5.53. The van der Waals surface area contributed by atoms with Crippen LogP contribution in [0.25, 0.3) is 5.76 Å². The van der Waals surface area contributed by atoms with Crippen molar-refractivity contribution in [3.63, 3.8) is 0 Å². The Balaban J connectivity index is 1.77. The Morgan fingerprint density at radius 3 is 2.56 bits per heavy atom. The van der Waals surface area contributed by atoms with Crippen molar-refractivity contribution < 1.29 is 28.2 Å². The molecule has 4 rings (SSSR count). The molecule has 176 valence electrons. The molecule has 1 saturated heterocycles. The number of nitrogens with zero attached hydrogens (tertiary/aromatic N) is 1. The maximum Gasteiger partial charge on any atom is 0.296 e. The van der Waals surface area contributed by atoms with Crippen LogP contribution >= 0.6 is 0 Å². The molecule has 1 fully saturated rings. The number of aliphatic hydroxyl groups is 1. The Morgan fingerprint density at radius 2 is 1.91 bits per heavy atom. The molecule has 1 N–H and O–H groups in total. The van der Waals surface area contributed by atoms with E-state index in [4.69, 9.17) is 9.15 Å². The Hall–Kier alpha value is -3.87. The molecule has 1 amide bonds. The first-order valence-corrected chi connectivity index (χ1v) is 11.2. The number of hydrogen-bond acceptors (Lipinski definition) is 5. The van der Waals surface area contributed by atoms with Crippen LogP contribution in [-0.2, 0) is 16.1 Å². The highest BCUT2D eigenvalue weighted by molar-refractivity contribution is 6.46. The van der Waals surface area contributed by atoms with E-state index in [9.17, 15) is 19.1 Å². The van der Waals surface area contributed by atoms with Crippen molar-refractivity contribution in [3.05, 3.63) is 94.7 Å². The van der Waals surface area contributed by atoms with Crippen molar-refractivity contribution in [2.24, 2.45) is 0 Å². The number of hydrogen-bond donors (Lipinski definition) is 1. The molecule has 7 heteroatoms. The average Bonchev–Trinajstić information content (AvgIpc) is 3.43. The number of carbonyl (C=O) groups excluding carboxylic acids is 2. The molecule has 0 bridgehead atoms. The third-order valence-corrected chi connectivity index (χ3v) is 5.85. The van der Waals surface area contributed by atoms with E-state index in [2.05, 4.69) is 6.92 Å². The Bertz CT molecular complexity index is 1210. The second-order valence-electron chi connectivity index (χ2n) is 8.24. The number of ketones is 1. The number of aliphatic hydroxyl groups excluding tert-OH is 1. The van der Waals surface area contributed by atoms with Crippen LogP contribution in [0.2, 0.25) is 0 Å². The zero-order chi connectivity index (χ0) is 24.2. The van der Waals surface area contributed by atoms with Crippen molar-refractivity contribution >= 4 is 17.4 Å². The third-order valence-electron chi connectivity index (χ3n) is 5.85. The van der Waals surface area contributed by atoms with E-state index < -0.39 is 29.3 Å². The third kappa shape index (κ3) is 4.59. The molecule has 0 aliphatic carbocycles. The molecule has 2 heterocycles. The number of ether oxygens (including phenoxy) is 1. The number of rotatable bonds is 8. The molecule has 1 aliphatic heterocycles. The van der Waals surface area contributed by atoms with Crippen molar-refractivity contribution in [1.29, 1.82) is 0 Å². The second kappa shape index (κ2) is 9.95. The minimum absolute atomic E-state index is 0.0377. The minimum Gasteiger partial charge on any atom is -0.507 e. The van der Waals surface area contributed by atoms with E-state index >= 15 is 0 Å². The van der Waals surface area contributed by atoms with E-state index in [1.165, 1.54) is 23.3 Å². The summed E-state index contributed by atoms with van der Waals surface area (Å²) in [5.74, 6) is -1.38. The van der Waals surface area contributed by atoms with Gasteiger partial charge in [-0.3, -0.25) is 9.59 Å². The molecule has 1 aliphatic rings. The quantitative estimate of drug-likeness (QED) is 0.206. The number of halogens is 1. The molecule has 3 aromatic rings. The van der Waals surface area contributed by atoms with Crippen molar-refractivity contribution in [1.82, 2.24) is 4.90 Å². The summed E-state index contributed by atoms with van der Waals surface area (Å²) in [4.78, 5) is 27.4. The van der Waals surface area contributed by atoms with Crippen molar-refractivity contribution in [2.45, 2.75) is 39.3 Å². The summed E-state index contributed by atoms with van der Waals surface area (Å²) in [6.07, 6.45) is 3.43. The topological polar surface area (TPSA) is 80.0 Å². The molecule has 1 unspecified atom stereocenters. The number of Topliss-reactive ketones (excluding diaryl/α,β-unsaturated/α-hetero) is 1. The van der Waals surface area contributed by atoms with Crippen LogP contribution < -0.4 is 4.74 Å². The lowest BCUT2D eigenvalue weighted by Gasteiger charge is -2.24. The molecule has 2 aromatic carbocycles. The van der Waals surface area contributed by atoms with Crippen LogP contribution in [0.1, 0.15) is 48.3 Å². The van der Waals surface area contributed by atoms with Gasteiger partial charge in [-0.05, 0) is 54.8 Å². The first-order valence-electron chi connectivity index (χ1n) is 11.2. The zero-order valence-electron chi connectivity index (χ0n) is 19.1. The van der Waals surface area contributed by atoms with Gasteiger partial charge in [-0.2, -0.15) is 0 Å². The van der Waals surface area contributed by atoms with Crippen LogP contribution in [0, 0.1) is 12.7 Å². The van der Waals surface area contributed by atoms with Crippen LogP contribution in [0.5, 0.6) is 5.75 Å². The first kappa shape index (κ1) is 23.3. The number of benzene rings is 2. The normalized spacial score (nSPS) is 17.4. The zero-order valence-corrected chi connectivity index (χ0v) is 19.1. The first-order chi connectivity index (χ1) is 16.4. The SMILES string of the molecule is CCCCOc1ccc(C2C(=C(O)c3ccc(C)c(F)c3)C(=O)C(=O)N2Cc2ccco2)cc1. The van der Waals surface area contributed by atoms with Crippen molar-refractivity contribution in [2.75, 3.05) is 6.61 Å². The Kier molecular flexibility index (Phi) is 6.82. The second-order valence-corrected chi connectivity index (χ2v) is 8.24. The summed E-state index contributed by atoms with van der Waals surface area (Å²) >= 11 is 0. The maximum absolute atomic E-state index is 14.2.